The Bertz CT molecular complexity index is 552. The summed E-state index contributed by atoms with van der Waals surface area (Å²) < 4.78 is 7.07. The Morgan fingerprint density at radius 2 is 2.15 bits per heavy atom. The molecular weight excluding hydrogens is 260 g/mol. The Kier molecular flexibility index (Phi) is 3.68. The van der Waals surface area contributed by atoms with Crippen LogP contribution in [0.3, 0.4) is 0 Å². The molecule has 9 heteroatoms. The average molecular weight is 276 g/mol. The summed E-state index contributed by atoms with van der Waals surface area (Å²) in [4.78, 5) is 16.2. The van der Waals surface area contributed by atoms with Crippen LogP contribution in [0.2, 0.25) is 0 Å². The minimum atomic E-state index is 0.229. The molecule has 0 radical (unpaired) electrons. The van der Waals surface area contributed by atoms with Crippen molar-refractivity contribution in [2.75, 3.05) is 12.0 Å². The molecule has 0 bridgehead atoms. The fourth-order valence-corrected chi connectivity index (χ4v) is 2.26. The van der Waals surface area contributed by atoms with Crippen molar-refractivity contribution in [1.82, 2.24) is 29.7 Å². The highest BCUT2D eigenvalue weighted by atomic mass is 16.5. The van der Waals surface area contributed by atoms with Crippen LogP contribution in [-0.2, 0) is 0 Å². The second-order valence-electron chi connectivity index (χ2n) is 4.69. The van der Waals surface area contributed by atoms with E-state index in [2.05, 4.69) is 30.5 Å². The molecule has 0 aliphatic heterocycles. The molecule has 1 aliphatic rings. The molecule has 0 spiro atoms. The fourth-order valence-electron chi connectivity index (χ4n) is 2.26. The van der Waals surface area contributed by atoms with Crippen molar-refractivity contribution in [2.45, 2.75) is 25.7 Å². The summed E-state index contributed by atoms with van der Waals surface area (Å²) in [5, 5.41) is 3.97. The molecular formula is C11H16N8O. The summed E-state index contributed by atoms with van der Waals surface area (Å²) in [7, 11) is 0. The van der Waals surface area contributed by atoms with E-state index in [-0.39, 0.29) is 12.0 Å². The Hall–Kier alpha value is -2.29. The van der Waals surface area contributed by atoms with E-state index in [0.29, 0.717) is 18.5 Å². The van der Waals surface area contributed by atoms with Crippen molar-refractivity contribution in [2.24, 2.45) is 11.8 Å². The normalized spacial score (nSPS) is 15.4. The van der Waals surface area contributed by atoms with E-state index in [1.807, 2.05) is 0 Å². The third kappa shape index (κ3) is 2.82. The van der Waals surface area contributed by atoms with Gasteiger partial charge in [-0.2, -0.15) is 24.7 Å². The molecule has 0 aromatic carbocycles. The molecule has 20 heavy (non-hydrogen) atoms. The molecule has 2 heterocycles. The van der Waals surface area contributed by atoms with Crippen LogP contribution in [0.4, 0.5) is 5.95 Å². The number of nitrogen functional groups attached to an aromatic ring is 1. The highest BCUT2D eigenvalue weighted by molar-refractivity contribution is 5.28. The van der Waals surface area contributed by atoms with Crippen molar-refractivity contribution >= 4 is 5.95 Å². The van der Waals surface area contributed by atoms with Crippen molar-refractivity contribution < 1.29 is 4.74 Å². The number of ether oxygens (including phenoxy) is 1. The van der Waals surface area contributed by atoms with Gasteiger partial charge in [0.2, 0.25) is 5.95 Å². The highest BCUT2D eigenvalue weighted by Crippen LogP contribution is 2.25. The summed E-state index contributed by atoms with van der Waals surface area (Å²) in [6.07, 6.45) is 7.83. The largest absolute Gasteiger partial charge is 0.463 e. The van der Waals surface area contributed by atoms with Gasteiger partial charge in [0.05, 0.1) is 6.61 Å². The lowest BCUT2D eigenvalue weighted by molar-refractivity contribution is 0.233. The first-order valence-corrected chi connectivity index (χ1v) is 6.55. The number of anilines is 1. The van der Waals surface area contributed by atoms with Gasteiger partial charge in [-0.15, -0.1) is 0 Å². The third-order valence-electron chi connectivity index (χ3n) is 3.28. The number of aromatic nitrogens is 6. The van der Waals surface area contributed by atoms with Gasteiger partial charge in [-0.25, -0.2) is 10.8 Å². The minimum absolute atomic E-state index is 0.229. The lowest BCUT2D eigenvalue weighted by atomic mass is 10.1. The standard InChI is InChI=1S/C11H16N8O/c12-18-9-15-10(19-7-13-6-14-19)17-11(16-9)20-5-8-3-1-2-4-8/h6-8H,1-5,12H2,(H,15,16,17,18). The van der Waals surface area contributed by atoms with Gasteiger partial charge in [0, 0.05) is 0 Å². The van der Waals surface area contributed by atoms with Gasteiger partial charge >= 0.3 is 6.01 Å². The summed E-state index contributed by atoms with van der Waals surface area (Å²) in [6.45, 7) is 0.616. The second kappa shape index (κ2) is 5.78. The van der Waals surface area contributed by atoms with Crippen LogP contribution in [0, 0.1) is 5.92 Å². The molecule has 1 aliphatic carbocycles. The van der Waals surface area contributed by atoms with Crippen LogP contribution in [0.5, 0.6) is 6.01 Å². The van der Waals surface area contributed by atoms with Gasteiger partial charge in [0.15, 0.2) is 0 Å². The maximum Gasteiger partial charge on any atom is 0.323 e. The molecule has 1 saturated carbocycles. The Labute approximate surface area is 115 Å². The zero-order chi connectivity index (χ0) is 13.8. The van der Waals surface area contributed by atoms with Crippen molar-refractivity contribution in [3.63, 3.8) is 0 Å². The van der Waals surface area contributed by atoms with Crippen LogP contribution in [0.15, 0.2) is 12.7 Å². The summed E-state index contributed by atoms with van der Waals surface area (Å²) in [5.41, 5.74) is 2.39. The second-order valence-corrected chi connectivity index (χ2v) is 4.69. The minimum Gasteiger partial charge on any atom is -0.463 e. The molecule has 9 nitrogen and oxygen atoms in total. The number of hydrogen-bond acceptors (Lipinski definition) is 8. The number of hydrazine groups is 1. The first-order valence-electron chi connectivity index (χ1n) is 6.55. The van der Waals surface area contributed by atoms with Crippen molar-refractivity contribution in [1.29, 1.82) is 0 Å². The molecule has 0 amide bonds. The lowest BCUT2D eigenvalue weighted by Crippen LogP contribution is -2.16. The van der Waals surface area contributed by atoms with Crippen molar-refractivity contribution in [3.8, 4) is 12.0 Å². The fraction of sp³-hybridized carbons (Fsp3) is 0.545. The molecule has 2 aromatic heterocycles. The summed E-state index contributed by atoms with van der Waals surface area (Å²) in [6, 6.07) is 0.241. The van der Waals surface area contributed by atoms with Crippen LogP contribution in [-0.4, -0.2) is 36.3 Å². The van der Waals surface area contributed by atoms with Crippen LogP contribution in [0.25, 0.3) is 5.95 Å². The highest BCUT2D eigenvalue weighted by Gasteiger charge is 2.17. The van der Waals surface area contributed by atoms with Gasteiger partial charge in [-0.3, -0.25) is 5.43 Å². The third-order valence-corrected chi connectivity index (χ3v) is 3.28. The SMILES string of the molecule is NNc1nc(OCC2CCCC2)nc(-n2cncn2)n1. The zero-order valence-electron chi connectivity index (χ0n) is 10.9. The Morgan fingerprint density at radius 3 is 2.85 bits per heavy atom. The molecule has 1 fully saturated rings. The monoisotopic (exact) mass is 276 g/mol. The molecule has 0 atom stereocenters. The quantitative estimate of drug-likeness (QED) is 0.592. The van der Waals surface area contributed by atoms with E-state index < -0.39 is 0 Å². The van der Waals surface area contributed by atoms with Gasteiger partial charge in [0.25, 0.3) is 5.95 Å². The maximum absolute atomic E-state index is 5.65. The van der Waals surface area contributed by atoms with E-state index in [0.717, 1.165) is 0 Å². The van der Waals surface area contributed by atoms with Gasteiger partial charge < -0.3 is 4.74 Å². The zero-order valence-corrected chi connectivity index (χ0v) is 10.9. The number of rotatable bonds is 5. The first kappa shape index (κ1) is 12.7. The van der Waals surface area contributed by atoms with E-state index in [1.54, 1.807) is 0 Å². The topological polar surface area (TPSA) is 117 Å². The maximum atomic E-state index is 5.65. The van der Waals surface area contributed by atoms with E-state index in [9.17, 15) is 0 Å². The predicted molar refractivity (Wildman–Crippen MR) is 70.0 cm³/mol. The van der Waals surface area contributed by atoms with Crippen LogP contribution >= 0.6 is 0 Å². The molecule has 0 unspecified atom stereocenters. The van der Waals surface area contributed by atoms with E-state index in [1.165, 1.54) is 43.0 Å². The lowest BCUT2D eigenvalue weighted by Gasteiger charge is -2.11. The number of nitrogens with one attached hydrogen (secondary N) is 1. The molecule has 3 rings (SSSR count). The number of nitrogens with two attached hydrogens (primary N) is 1. The molecule has 0 saturated heterocycles. The van der Waals surface area contributed by atoms with Crippen LogP contribution < -0.4 is 16.0 Å². The van der Waals surface area contributed by atoms with Crippen LogP contribution in [0.1, 0.15) is 25.7 Å². The van der Waals surface area contributed by atoms with Gasteiger partial charge in [-0.1, -0.05) is 12.8 Å². The smallest absolute Gasteiger partial charge is 0.323 e. The van der Waals surface area contributed by atoms with E-state index >= 15 is 0 Å². The Morgan fingerprint density at radius 1 is 1.30 bits per heavy atom. The average Bonchev–Trinajstić information content (AvgIpc) is 3.17. The molecule has 2 aromatic rings. The summed E-state index contributed by atoms with van der Waals surface area (Å²) >= 11 is 0. The summed E-state index contributed by atoms with van der Waals surface area (Å²) in [5.74, 6) is 6.48. The Balaban J connectivity index is 1.77. The molecule has 3 N–H and O–H groups in total. The van der Waals surface area contributed by atoms with E-state index in [4.69, 9.17) is 10.6 Å². The van der Waals surface area contributed by atoms with Crippen molar-refractivity contribution in [3.05, 3.63) is 12.7 Å². The van der Waals surface area contributed by atoms with Gasteiger partial charge in [-0.05, 0) is 18.8 Å². The first-order chi connectivity index (χ1) is 9.85. The predicted octanol–water partition coefficient (Wildman–Crippen LogP) is 0.307. The molecule has 106 valence electrons. The number of hydrogen-bond donors (Lipinski definition) is 2. The van der Waals surface area contributed by atoms with Gasteiger partial charge in [0.1, 0.15) is 12.7 Å². The number of nitrogens with zero attached hydrogens (tertiary/aromatic N) is 6.